The van der Waals surface area contributed by atoms with Crippen molar-refractivity contribution < 1.29 is 43.1 Å². The average Bonchev–Trinajstić information content (AvgIpc) is 3.41. The molecule has 0 aliphatic carbocycles. The second-order valence-corrected chi connectivity index (χ2v) is 11.5. The maximum atomic E-state index is 13.8. The maximum Gasteiger partial charge on any atom is 0.238 e. The molecule has 11 nitrogen and oxygen atoms in total. The van der Waals surface area contributed by atoms with E-state index in [1.165, 1.54) is 11.1 Å². The van der Waals surface area contributed by atoms with Gasteiger partial charge in [-0.3, -0.25) is 4.79 Å². The molecule has 0 unspecified atom stereocenters. The maximum absolute atomic E-state index is 13.8. The molecule has 2 saturated heterocycles. The molecule has 4 rings (SSSR count). The predicted octanol–water partition coefficient (Wildman–Crippen LogP) is 0.379. The second kappa shape index (κ2) is 12.3. The van der Waals surface area contributed by atoms with Gasteiger partial charge in [-0.15, -0.1) is 16.9 Å². The van der Waals surface area contributed by atoms with Crippen LogP contribution in [0.1, 0.15) is 25.8 Å². The lowest BCUT2D eigenvalue weighted by atomic mass is 9.87. The Balaban J connectivity index is 1.65. The predicted molar refractivity (Wildman–Crippen MR) is 139 cm³/mol. The van der Waals surface area contributed by atoms with Gasteiger partial charge in [0.05, 0.1) is 18.4 Å². The summed E-state index contributed by atoms with van der Waals surface area (Å²) in [6.07, 6.45) is -2.39. The zero-order valence-corrected chi connectivity index (χ0v) is 23.1. The summed E-state index contributed by atoms with van der Waals surface area (Å²) in [5.74, 6) is -4.85. The van der Waals surface area contributed by atoms with E-state index in [9.17, 15) is 38.4 Å². The first-order chi connectivity index (χ1) is 18.9. The Kier molecular flexibility index (Phi) is 9.44. The minimum absolute atomic E-state index is 0.0632. The number of hydrogen-bond acceptors (Lipinski definition) is 10. The largest absolute Gasteiger partial charge is 0.394 e. The fourth-order valence-corrected chi connectivity index (χ4v) is 6.51. The van der Waals surface area contributed by atoms with E-state index in [4.69, 9.17) is 4.74 Å². The number of piperidine rings is 1. The summed E-state index contributed by atoms with van der Waals surface area (Å²) >= 11 is 0.904. The highest BCUT2D eigenvalue weighted by Gasteiger charge is 2.51. The first-order valence-electron chi connectivity index (χ1n) is 12.9. The normalized spacial score (nSPS) is 27.9. The van der Waals surface area contributed by atoms with E-state index in [2.05, 4.69) is 10.3 Å². The van der Waals surface area contributed by atoms with Gasteiger partial charge in [0.1, 0.15) is 40.7 Å². The van der Waals surface area contributed by atoms with Crippen LogP contribution in [-0.4, -0.2) is 126 Å². The van der Waals surface area contributed by atoms with E-state index in [0.717, 1.165) is 28.6 Å². The van der Waals surface area contributed by atoms with Crippen molar-refractivity contribution in [3.63, 3.8) is 0 Å². The third kappa shape index (κ3) is 6.00. The molecule has 0 saturated carbocycles. The van der Waals surface area contributed by atoms with Gasteiger partial charge in [-0.2, -0.15) is 0 Å². The second-order valence-electron chi connectivity index (χ2n) is 10.3. The molecule has 4 N–H and O–H groups in total. The number of carbonyl (C=O) groups is 1. The number of halogens is 3. The van der Waals surface area contributed by atoms with Crippen molar-refractivity contribution >= 4 is 17.7 Å². The molecule has 2 aliphatic rings. The molecular formula is C25H34F3N5O6S. The van der Waals surface area contributed by atoms with Gasteiger partial charge in [-0.1, -0.05) is 5.21 Å². The van der Waals surface area contributed by atoms with E-state index in [1.54, 1.807) is 14.0 Å². The van der Waals surface area contributed by atoms with E-state index in [-0.39, 0.29) is 17.2 Å². The summed E-state index contributed by atoms with van der Waals surface area (Å²) in [7, 11) is 3.52. The molecule has 40 heavy (non-hydrogen) atoms. The summed E-state index contributed by atoms with van der Waals surface area (Å²) in [6, 6.07) is 0.217. The minimum Gasteiger partial charge on any atom is -0.394 e. The zero-order valence-electron chi connectivity index (χ0n) is 22.3. The number of thioether (sulfide) groups is 1. The van der Waals surface area contributed by atoms with Crippen LogP contribution < -0.4 is 0 Å². The Morgan fingerprint density at radius 1 is 1.23 bits per heavy atom. The van der Waals surface area contributed by atoms with Crippen LogP contribution in [0.4, 0.5) is 13.2 Å². The Labute approximate surface area is 233 Å². The number of likely N-dealkylation sites (tertiary alicyclic amines) is 1. The molecule has 0 spiro atoms. The zero-order chi connectivity index (χ0) is 29.4. The van der Waals surface area contributed by atoms with Gasteiger partial charge in [0.25, 0.3) is 0 Å². The van der Waals surface area contributed by atoms with Crippen LogP contribution in [0.2, 0.25) is 0 Å². The number of aliphatic hydroxyl groups excluding tert-OH is 3. The minimum atomic E-state index is -1.64. The van der Waals surface area contributed by atoms with Gasteiger partial charge in [0.2, 0.25) is 5.91 Å². The van der Waals surface area contributed by atoms with E-state index >= 15 is 0 Å². The van der Waals surface area contributed by atoms with Crippen LogP contribution in [0.15, 0.2) is 18.3 Å². The summed E-state index contributed by atoms with van der Waals surface area (Å²) in [5.41, 5.74) is -2.78. The number of carbonyl (C=O) groups excluding carboxylic acids is 1. The molecule has 15 heteroatoms. The molecule has 222 valence electrons. The van der Waals surface area contributed by atoms with Crippen LogP contribution in [0.3, 0.4) is 0 Å². The highest BCUT2D eigenvalue weighted by atomic mass is 32.2. The summed E-state index contributed by atoms with van der Waals surface area (Å²) < 4.78 is 47.9. The van der Waals surface area contributed by atoms with Crippen LogP contribution in [0.25, 0.3) is 11.3 Å². The highest BCUT2D eigenvalue weighted by Crippen LogP contribution is 2.42. The van der Waals surface area contributed by atoms with Crippen molar-refractivity contribution in [1.82, 2.24) is 24.8 Å². The Hall–Kier alpha value is -2.27. The number of rotatable bonds is 8. The van der Waals surface area contributed by atoms with Crippen LogP contribution in [-0.2, 0) is 9.53 Å². The number of ether oxygens (including phenoxy) is 1. The fourth-order valence-electron chi connectivity index (χ4n) is 4.92. The van der Waals surface area contributed by atoms with Crippen molar-refractivity contribution in [2.45, 2.75) is 60.4 Å². The first kappa shape index (κ1) is 30.7. The van der Waals surface area contributed by atoms with Crippen LogP contribution in [0.5, 0.6) is 0 Å². The molecule has 2 aromatic rings. The molecule has 0 bridgehead atoms. The third-order valence-electron chi connectivity index (χ3n) is 7.63. The molecule has 2 fully saturated rings. The van der Waals surface area contributed by atoms with E-state index in [1.807, 2.05) is 11.9 Å². The molecule has 2 aliphatic heterocycles. The Bertz CT molecular complexity index is 1180. The standard InChI is InChI=1S/C25H34F3N5O6S/c1-4-32(3)23(37)22(25(38)5-7-31(2)8-6-25)40-24-21(36)19(20(35)17(12-34)39-24)33-11-16(29-30-33)13-9-14(26)18(28)15(27)10-13/h9-11,17,19-22,24,34-36,38H,4-8,12H2,1-3H3/t17-,19+,20+,21-,22-,24+/m1/s1. The molecule has 1 aromatic carbocycles. The number of hydrogen-bond donors (Lipinski definition) is 4. The van der Waals surface area contributed by atoms with Crippen LogP contribution >= 0.6 is 11.8 Å². The number of benzene rings is 1. The quantitative estimate of drug-likeness (QED) is 0.319. The molecule has 1 amide bonds. The molecule has 3 heterocycles. The molecule has 0 radical (unpaired) electrons. The molecule has 6 atom stereocenters. The third-order valence-corrected chi connectivity index (χ3v) is 9.20. The van der Waals surface area contributed by atoms with Gasteiger partial charge in [0.15, 0.2) is 17.5 Å². The SMILES string of the molecule is CCN(C)C(=O)[C@@H](S[C@@H]1O[C@H](CO)[C@H](O)[C@H](n2cc(-c3cc(F)c(F)c(F)c3)nn2)[C@H]1O)C1(O)CCN(C)CC1. The Morgan fingerprint density at radius 3 is 2.42 bits per heavy atom. The van der Waals surface area contributed by atoms with Crippen molar-refractivity contribution in [2.75, 3.05) is 40.3 Å². The van der Waals surface area contributed by atoms with Crippen molar-refractivity contribution in [3.8, 4) is 11.3 Å². The summed E-state index contributed by atoms with van der Waals surface area (Å²) in [5, 5.41) is 50.5. The first-order valence-corrected chi connectivity index (χ1v) is 13.8. The van der Waals surface area contributed by atoms with Gasteiger partial charge >= 0.3 is 0 Å². The number of aliphatic hydroxyl groups is 4. The summed E-state index contributed by atoms with van der Waals surface area (Å²) in [6.45, 7) is 2.64. The topological polar surface area (TPSA) is 144 Å². The van der Waals surface area contributed by atoms with Gasteiger partial charge in [-0.25, -0.2) is 17.9 Å². The summed E-state index contributed by atoms with van der Waals surface area (Å²) in [4.78, 5) is 16.9. The number of aromatic nitrogens is 3. The smallest absolute Gasteiger partial charge is 0.238 e. The fraction of sp³-hybridized carbons (Fsp3) is 0.640. The van der Waals surface area contributed by atoms with Crippen molar-refractivity contribution in [3.05, 3.63) is 35.8 Å². The van der Waals surface area contributed by atoms with Crippen molar-refractivity contribution in [1.29, 1.82) is 0 Å². The van der Waals surface area contributed by atoms with Gasteiger partial charge in [-0.05, 0) is 38.9 Å². The van der Waals surface area contributed by atoms with Gasteiger partial charge < -0.3 is 35.0 Å². The lowest BCUT2D eigenvalue weighted by Gasteiger charge is -2.46. The lowest BCUT2D eigenvalue weighted by molar-refractivity contribution is -0.179. The van der Waals surface area contributed by atoms with Gasteiger partial charge in [0, 0.05) is 32.2 Å². The van der Waals surface area contributed by atoms with E-state index < -0.39 is 64.7 Å². The number of nitrogens with zero attached hydrogens (tertiary/aromatic N) is 5. The van der Waals surface area contributed by atoms with E-state index in [0.29, 0.717) is 32.5 Å². The lowest BCUT2D eigenvalue weighted by Crippen LogP contribution is -2.59. The van der Waals surface area contributed by atoms with Crippen molar-refractivity contribution in [2.24, 2.45) is 0 Å². The molecular weight excluding hydrogens is 555 g/mol. The highest BCUT2D eigenvalue weighted by molar-refractivity contribution is 8.01. The average molecular weight is 590 g/mol. The monoisotopic (exact) mass is 589 g/mol. The van der Waals surface area contributed by atoms with Crippen LogP contribution in [0, 0.1) is 17.5 Å². The number of amides is 1. The Morgan fingerprint density at radius 2 is 1.85 bits per heavy atom. The molecule has 1 aromatic heterocycles.